The lowest BCUT2D eigenvalue weighted by molar-refractivity contribution is -0.128. The Morgan fingerprint density at radius 3 is 2.67 bits per heavy atom. The Balaban J connectivity index is 1.66. The maximum absolute atomic E-state index is 12.6. The molecule has 1 aromatic heterocycles. The number of benzene rings is 2. The Labute approximate surface area is 167 Å². The van der Waals surface area contributed by atoms with E-state index in [0.717, 1.165) is 11.1 Å². The number of hydrogen-bond acceptors (Lipinski definition) is 5. The van der Waals surface area contributed by atoms with Crippen LogP contribution < -0.4 is 5.84 Å². The van der Waals surface area contributed by atoms with E-state index in [0.29, 0.717) is 16.0 Å². The number of amides is 1. The maximum Gasteiger partial charge on any atom is 0.233 e. The van der Waals surface area contributed by atoms with E-state index < -0.39 is 0 Å². The minimum atomic E-state index is -0.0166. The van der Waals surface area contributed by atoms with Gasteiger partial charge < -0.3 is 10.7 Å². The molecule has 0 fully saturated rings. The second-order valence-electron chi connectivity index (χ2n) is 6.07. The number of nitrogen functional groups attached to an aromatic ring is 1. The molecule has 1 amide bonds. The number of halogens is 1. The van der Waals surface area contributed by atoms with Crippen molar-refractivity contribution in [2.45, 2.75) is 18.1 Å². The summed E-state index contributed by atoms with van der Waals surface area (Å²) in [5, 5.41) is 9.27. The Morgan fingerprint density at radius 1 is 1.22 bits per heavy atom. The summed E-state index contributed by atoms with van der Waals surface area (Å²) in [6.45, 7) is 2.00. The van der Waals surface area contributed by atoms with Crippen LogP contribution in [0.25, 0.3) is 11.4 Å². The molecule has 6 nitrogen and oxygen atoms in total. The highest BCUT2D eigenvalue weighted by Crippen LogP contribution is 2.25. The Morgan fingerprint density at radius 2 is 1.96 bits per heavy atom. The van der Waals surface area contributed by atoms with E-state index in [1.807, 2.05) is 49.4 Å². The molecule has 3 rings (SSSR count). The zero-order valence-electron chi connectivity index (χ0n) is 15.0. The number of rotatable bonds is 6. The van der Waals surface area contributed by atoms with Crippen LogP contribution in [0.3, 0.4) is 0 Å². The van der Waals surface area contributed by atoms with Gasteiger partial charge in [0.05, 0.1) is 11.8 Å². The number of nitrogens with zero attached hydrogens (tertiary/aromatic N) is 4. The van der Waals surface area contributed by atoms with Crippen molar-refractivity contribution in [1.29, 1.82) is 0 Å². The van der Waals surface area contributed by atoms with Crippen molar-refractivity contribution in [3.8, 4) is 11.4 Å². The van der Waals surface area contributed by atoms with Crippen molar-refractivity contribution in [2.24, 2.45) is 0 Å². The minimum absolute atomic E-state index is 0.0105. The number of nitrogens with two attached hydrogens (primary N) is 1. The summed E-state index contributed by atoms with van der Waals surface area (Å²) < 4.78 is 1.38. The van der Waals surface area contributed by atoms with Gasteiger partial charge in [-0.15, -0.1) is 10.2 Å². The van der Waals surface area contributed by atoms with Crippen molar-refractivity contribution in [1.82, 2.24) is 19.8 Å². The van der Waals surface area contributed by atoms with Crippen molar-refractivity contribution in [2.75, 3.05) is 18.6 Å². The molecule has 3 aromatic rings. The summed E-state index contributed by atoms with van der Waals surface area (Å²) in [6, 6.07) is 17.1. The Bertz CT molecular complexity index is 931. The molecule has 1 heterocycles. The first kappa shape index (κ1) is 19.3. The molecule has 2 N–H and O–H groups in total. The molecule has 0 spiro atoms. The van der Waals surface area contributed by atoms with E-state index in [4.69, 9.17) is 17.4 Å². The molecule has 8 heteroatoms. The lowest BCUT2D eigenvalue weighted by Gasteiger charge is -2.25. The SMILES string of the molecule is C[C@@H](c1ccccc1)N(C)C(=O)CSc1nnc(-c2cccc(Cl)c2)n1N. The van der Waals surface area contributed by atoms with Crippen LogP contribution in [0.15, 0.2) is 59.8 Å². The van der Waals surface area contributed by atoms with Crippen LogP contribution in [-0.2, 0) is 4.79 Å². The van der Waals surface area contributed by atoms with Crippen molar-refractivity contribution >= 4 is 29.3 Å². The molecule has 0 radical (unpaired) electrons. The van der Waals surface area contributed by atoms with E-state index in [-0.39, 0.29) is 17.7 Å². The van der Waals surface area contributed by atoms with Gasteiger partial charge >= 0.3 is 0 Å². The second kappa shape index (κ2) is 8.45. The van der Waals surface area contributed by atoms with Gasteiger partial charge in [0.15, 0.2) is 5.82 Å². The smallest absolute Gasteiger partial charge is 0.233 e. The monoisotopic (exact) mass is 401 g/mol. The summed E-state index contributed by atoms with van der Waals surface area (Å²) in [6.07, 6.45) is 0. The summed E-state index contributed by atoms with van der Waals surface area (Å²) in [4.78, 5) is 14.3. The van der Waals surface area contributed by atoms with Crippen LogP contribution in [0.1, 0.15) is 18.5 Å². The second-order valence-corrected chi connectivity index (χ2v) is 7.45. The van der Waals surface area contributed by atoms with Gasteiger partial charge in [0.25, 0.3) is 0 Å². The standard InChI is InChI=1S/C19H20ClN5OS/c1-13(14-7-4-3-5-8-14)24(2)17(26)12-27-19-23-22-18(25(19)21)15-9-6-10-16(20)11-15/h3-11,13H,12,21H2,1-2H3/t13-/m0/s1. The molecule has 0 bridgehead atoms. The maximum atomic E-state index is 12.6. The third-order valence-corrected chi connectivity index (χ3v) is 5.49. The molecule has 0 aliphatic carbocycles. The fraction of sp³-hybridized carbons (Fsp3) is 0.211. The Kier molecular flexibility index (Phi) is 6.03. The molecular formula is C19H20ClN5OS. The predicted octanol–water partition coefficient (Wildman–Crippen LogP) is 3.62. The van der Waals surface area contributed by atoms with E-state index in [9.17, 15) is 4.79 Å². The predicted molar refractivity (Wildman–Crippen MR) is 109 cm³/mol. The lowest BCUT2D eigenvalue weighted by atomic mass is 10.1. The summed E-state index contributed by atoms with van der Waals surface area (Å²) in [5.74, 6) is 6.81. The van der Waals surface area contributed by atoms with Crippen LogP contribution in [0.4, 0.5) is 0 Å². The van der Waals surface area contributed by atoms with Crippen LogP contribution >= 0.6 is 23.4 Å². The molecule has 0 saturated carbocycles. The third kappa shape index (κ3) is 4.43. The van der Waals surface area contributed by atoms with Crippen molar-refractivity contribution in [3.05, 3.63) is 65.2 Å². The molecule has 0 saturated heterocycles. The van der Waals surface area contributed by atoms with Crippen molar-refractivity contribution < 1.29 is 4.79 Å². The number of carbonyl (C=O) groups is 1. The summed E-state index contributed by atoms with van der Waals surface area (Å²) >= 11 is 7.27. The summed E-state index contributed by atoms with van der Waals surface area (Å²) in [7, 11) is 1.80. The summed E-state index contributed by atoms with van der Waals surface area (Å²) in [5.41, 5.74) is 1.86. The third-order valence-electron chi connectivity index (χ3n) is 4.33. The fourth-order valence-corrected chi connectivity index (χ4v) is 3.57. The van der Waals surface area contributed by atoms with Gasteiger partial charge in [0.1, 0.15) is 0 Å². The van der Waals surface area contributed by atoms with Crippen LogP contribution in [0, 0.1) is 0 Å². The van der Waals surface area contributed by atoms with E-state index in [1.54, 1.807) is 24.1 Å². The van der Waals surface area contributed by atoms with Gasteiger partial charge in [-0.05, 0) is 24.6 Å². The van der Waals surface area contributed by atoms with Crippen LogP contribution in [-0.4, -0.2) is 38.5 Å². The number of aromatic nitrogens is 3. The first-order valence-electron chi connectivity index (χ1n) is 8.37. The minimum Gasteiger partial charge on any atom is -0.338 e. The molecule has 1 atom stereocenters. The van der Waals surface area contributed by atoms with E-state index in [1.165, 1.54) is 16.4 Å². The highest BCUT2D eigenvalue weighted by Gasteiger charge is 2.19. The zero-order chi connectivity index (χ0) is 19.4. The zero-order valence-corrected chi connectivity index (χ0v) is 16.6. The largest absolute Gasteiger partial charge is 0.338 e. The van der Waals surface area contributed by atoms with Crippen LogP contribution in [0.2, 0.25) is 5.02 Å². The molecular weight excluding hydrogens is 382 g/mol. The number of thioether (sulfide) groups is 1. The quantitative estimate of drug-likeness (QED) is 0.504. The number of carbonyl (C=O) groups excluding carboxylic acids is 1. The van der Waals surface area contributed by atoms with E-state index in [2.05, 4.69) is 10.2 Å². The Hall–Kier alpha value is -2.51. The highest BCUT2D eigenvalue weighted by atomic mass is 35.5. The lowest BCUT2D eigenvalue weighted by Crippen LogP contribution is -2.31. The molecule has 0 aliphatic heterocycles. The normalized spacial score (nSPS) is 12.0. The van der Waals surface area contributed by atoms with Gasteiger partial charge in [-0.1, -0.05) is 65.8 Å². The van der Waals surface area contributed by atoms with Crippen LogP contribution in [0.5, 0.6) is 0 Å². The molecule has 140 valence electrons. The van der Waals surface area contributed by atoms with Crippen molar-refractivity contribution in [3.63, 3.8) is 0 Å². The average molecular weight is 402 g/mol. The molecule has 0 unspecified atom stereocenters. The average Bonchev–Trinajstić information content (AvgIpc) is 3.06. The first-order valence-corrected chi connectivity index (χ1v) is 9.73. The topological polar surface area (TPSA) is 77.0 Å². The van der Waals surface area contributed by atoms with Gasteiger partial charge in [-0.2, -0.15) is 0 Å². The van der Waals surface area contributed by atoms with Gasteiger partial charge in [-0.3, -0.25) is 4.79 Å². The van der Waals surface area contributed by atoms with Gasteiger partial charge in [-0.25, -0.2) is 4.68 Å². The first-order chi connectivity index (χ1) is 13.0. The molecule has 27 heavy (non-hydrogen) atoms. The van der Waals surface area contributed by atoms with Gasteiger partial charge in [0, 0.05) is 17.6 Å². The fourth-order valence-electron chi connectivity index (χ4n) is 2.60. The van der Waals surface area contributed by atoms with Gasteiger partial charge in [0.2, 0.25) is 11.1 Å². The molecule has 0 aliphatic rings. The highest BCUT2D eigenvalue weighted by molar-refractivity contribution is 7.99. The van der Waals surface area contributed by atoms with E-state index >= 15 is 0 Å². The number of hydrogen-bond donors (Lipinski definition) is 1. The molecule has 2 aromatic carbocycles.